The van der Waals surface area contributed by atoms with Crippen molar-refractivity contribution >= 4 is 29.1 Å². The third kappa shape index (κ3) is 58.8. The molecule has 0 saturated carbocycles. The van der Waals surface area contributed by atoms with Crippen molar-refractivity contribution in [1.29, 1.82) is 0 Å². The molecule has 0 aliphatic heterocycles. The standard InChI is InChI=1S/ClF2PS/c1-4(2,3)5. The smallest absolute Gasteiger partial charge is 0.164 e. The van der Waals surface area contributed by atoms with Crippen LogP contribution in [0.5, 0.6) is 0 Å². The lowest BCUT2D eigenvalue weighted by Crippen LogP contribution is -1.25. The third-order valence-corrected chi connectivity index (χ3v) is 0. The maximum atomic E-state index is 10.7. The van der Waals surface area contributed by atoms with Gasteiger partial charge in [0.1, 0.15) is 0 Å². The van der Waals surface area contributed by atoms with Gasteiger partial charge < -0.3 is 0 Å². The Labute approximate surface area is 38.2 Å². The lowest BCUT2D eigenvalue weighted by Gasteiger charge is -1.76. The zero-order valence-electron chi connectivity index (χ0n) is 1.99. The van der Waals surface area contributed by atoms with E-state index in [1.165, 1.54) is 0 Å². The molecule has 0 aromatic rings. The van der Waals surface area contributed by atoms with E-state index in [2.05, 4.69) is 23.0 Å². The van der Waals surface area contributed by atoms with Gasteiger partial charge in [0.25, 0.3) is 0 Å². The van der Waals surface area contributed by atoms with Crippen molar-refractivity contribution in [1.82, 2.24) is 0 Å². The van der Waals surface area contributed by atoms with Gasteiger partial charge in [-0.1, -0.05) is 0 Å². The Morgan fingerprint density at radius 2 is 1.60 bits per heavy atom. The third-order valence-electron chi connectivity index (χ3n) is 0. The molecule has 0 aromatic carbocycles. The molecule has 0 N–H and O–H groups in total. The number of rotatable bonds is 0. The summed E-state index contributed by atoms with van der Waals surface area (Å²) in [6, 6.07) is -4.33. The maximum absolute atomic E-state index is 10.7. The molecule has 0 heterocycles. The molecule has 5 heteroatoms. The second kappa shape index (κ2) is 1.50. The Morgan fingerprint density at radius 1 is 1.60 bits per heavy atom. The summed E-state index contributed by atoms with van der Waals surface area (Å²) < 4.78 is 21.4. The van der Waals surface area contributed by atoms with Crippen LogP contribution in [0.1, 0.15) is 0 Å². The second-order valence-electron chi connectivity index (χ2n) is 0.399. The van der Waals surface area contributed by atoms with E-state index in [0.29, 0.717) is 0 Å². The number of hydrogen-bond donors (Lipinski definition) is 0. The minimum atomic E-state index is -4.33. The summed E-state index contributed by atoms with van der Waals surface area (Å²) in [4.78, 5) is 0. The first kappa shape index (κ1) is 5.80. The molecular weight excluding hydrogens is 136 g/mol. The maximum Gasteiger partial charge on any atom is 0.358 e. The van der Waals surface area contributed by atoms with Crippen LogP contribution in [-0.2, 0) is 11.8 Å². The predicted molar refractivity (Wildman–Crippen MR) is 22.4 cm³/mol. The van der Waals surface area contributed by atoms with E-state index >= 15 is 0 Å². The summed E-state index contributed by atoms with van der Waals surface area (Å²) >= 11 is 7.49. The van der Waals surface area contributed by atoms with E-state index in [9.17, 15) is 8.39 Å². The molecule has 0 aromatic heterocycles. The lowest BCUT2D eigenvalue weighted by atomic mass is 18.8. The van der Waals surface area contributed by atoms with Gasteiger partial charge in [-0.2, -0.15) is 8.39 Å². The van der Waals surface area contributed by atoms with Crippen molar-refractivity contribution in [2.75, 3.05) is 0 Å². The van der Waals surface area contributed by atoms with E-state index in [1.807, 2.05) is 0 Å². The molecule has 5 heavy (non-hydrogen) atoms. The lowest BCUT2D eigenvalue weighted by molar-refractivity contribution is 0.769. The highest BCUT2D eigenvalue weighted by Crippen LogP contribution is 2.54. The molecule has 0 amide bonds. The average Bonchev–Trinajstić information content (AvgIpc) is 0.722. The quantitative estimate of drug-likeness (QED) is 0.461. The fraction of sp³-hybridized carbons (Fsp3) is 0. The largest absolute Gasteiger partial charge is 0.358 e. The predicted octanol–water partition coefficient (Wildman–Crippen LogP) is 2.39. The molecule has 0 unspecified atom stereocenters. The van der Waals surface area contributed by atoms with E-state index in [4.69, 9.17) is 0 Å². The fourth-order valence-electron chi connectivity index (χ4n) is 0. The molecule has 0 bridgehead atoms. The first-order chi connectivity index (χ1) is 2.00. The van der Waals surface area contributed by atoms with Crippen LogP contribution in [0.3, 0.4) is 0 Å². The highest BCUT2D eigenvalue weighted by molar-refractivity contribution is 8.21. The van der Waals surface area contributed by atoms with Gasteiger partial charge in [0.2, 0.25) is 0 Å². The van der Waals surface area contributed by atoms with E-state index in [-0.39, 0.29) is 0 Å². The molecule has 0 aliphatic carbocycles. The van der Waals surface area contributed by atoms with Crippen LogP contribution >= 0.6 is 17.3 Å². The van der Waals surface area contributed by atoms with Gasteiger partial charge >= 0.3 is 6.01 Å². The average molecular weight is 136 g/mol. The van der Waals surface area contributed by atoms with Crippen LogP contribution in [0.25, 0.3) is 0 Å². The zero-order valence-corrected chi connectivity index (χ0v) is 4.46. The van der Waals surface area contributed by atoms with Gasteiger partial charge in [-0.15, -0.1) is 0 Å². The molecule has 0 saturated heterocycles. The fourth-order valence-corrected chi connectivity index (χ4v) is 0. The molecule has 0 spiro atoms. The Kier molecular flexibility index (Phi) is 1.74. The van der Waals surface area contributed by atoms with Crippen LogP contribution in [0, 0.1) is 0 Å². The van der Waals surface area contributed by atoms with Crippen LogP contribution < -0.4 is 0 Å². The zero-order chi connectivity index (χ0) is 4.50. The topological polar surface area (TPSA) is 0 Å². The molecule has 0 atom stereocenters. The molecule has 0 radical (unpaired) electrons. The first-order valence-corrected chi connectivity index (χ1v) is 4.18. The van der Waals surface area contributed by atoms with Gasteiger partial charge in [0, 0.05) is 0 Å². The van der Waals surface area contributed by atoms with Crippen LogP contribution in [0.4, 0.5) is 8.39 Å². The molecule has 0 rings (SSSR count). The SMILES string of the molecule is FP(F)(=S)Cl. The van der Waals surface area contributed by atoms with Crippen molar-refractivity contribution in [3.8, 4) is 0 Å². The van der Waals surface area contributed by atoms with Crippen LogP contribution in [-0.4, -0.2) is 0 Å². The van der Waals surface area contributed by atoms with Crippen molar-refractivity contribution in [3.63, 3.8) is 0 Å². The van der Waals surface area contributed by atoms with E-state index in [1.54, 1.807) is 0 Å². The summed E-state index contributed by atoms with van der Waals surface area (Å²) in [5, 5.41) is 0. The normalized spacial score (nSPS) is 11.8. The monoisotopic (exact) mass is 136 g/mol. The van der Waals surface area contributed by atoms with Crippen LogP contribution in [0.2, 0.25) is 0 Å². The highest BCUT2D eigenvalue weighted by Gasteiger charge is 2.02. The molecule has 0 nitrogen and oxygen atoms in total. The van der Waals surface area contributed by atoms with Crippen molar-refractivity contribution in [3.05, 3.63) is 0 Å². The van der Waals surface area contributed by atoms with Gasteiger partial charge in [0.15, 0.2) is 0 Å². The molecule has 0 fully saturated rings. The highest BCUT2D eigenvalue weighted by atomic mass is 35.7. The molecule has 0 aliphatic rings. The van der Waals surface area contributed by atoms with Gasteiger partial charge in [-0.05, 0) is 23.0 Å². The Bertz CT molecular complexity index is 55.8. The van der Waals surface area contributed by atoms with E-state index in [0.717, 1.165) is 0 Å². The summed E-state index contributed by atoms with van der Waals surface area (Å²) in [5.74, 6) is 0. The molecule has 32 valence electrons. The van der Waals surface area contributed by atoms with Gasteiger partial charge in [-0.3, -0.25) is 0 Å². The number of hydrogen-bond acceptors (Lipinski definition) is 1. The Hall–Kier alpha value is 0.800. The first-order valence-electron chi connectivity index (χ1n) is 0.690. The summed E-state index contributed by atoms with van der Waals surface area (Å²) in [7, 11) is 0. The Morgan fingerprint density at radius 3 is 1.60 bits per heavy atom. The summed E-state index contributed by atoms with van der Waals surface area (Å²) in [5.41, 5.74) is 0. The van der Waals surface area contributed by atoms with Crippen molar-refractivity contribution in [2.24, 2.45) is 0 Å². The van der Waals surface area contributed by atoms with Gasteiger partial charge in [0.05, 0.1) is 0 Å². The molecular formula is ClF2PS. The number of halogens is 3. The minimum absolute atomic E-state index is 3.37. The van der Waals surface area contributed by atoms with Crippen LogP contribution in [0.15, 0.2) is 0 Å². The van der Waals surface area contributed by atoms with Crippen molar-refractivity contribution < 1.29 is 8.39 Å². The minimum Gasteiger partial charge on any atom is -0.164 e. The summed E-state index contributed by atoms with van der Waals surface area (Å²) in [6.07, 6.45) is 0. The van der Waals surface area contributed by atoms with E-state index < -0.39 is 6.01 Å². The Balaban J connectivity index is 3.47. The summed E-state index contributed by atoms with van der Waals surface area (Å²) in [6.45, 7) is 0. The van der Waals surface area contributed by atoms with Gasteiger partial charge in [-0.25, -0.2) is 0 Å². The van der Waals surface area contributed by atoms with Crippen molar-refractivity contribution in [2.45, 2.75) is 0 Å². The second-order valence-corrected chi connectivity index (χ2v) is 4.45.